The minimum atomic E-state index is -0.714. The van der Waals surface area contributed by atoms with E-state index in [0.29, 0.717) is 15.6 Å². The molecule has 0 heterocycles. The maximum atomic E-state index is 13.6. The highest BCUT2D eigenvalue weighted by Crippen LogP contribution is 2.23. The number of Topliss-reactive ketones (excluding diaryl/α,β-unsaturated/α-hetero) is 1. The highest BCUT2D eigenvalue weighted by molar-refractivity contribution is 6.42. The molecule has 0 fully saturated rings. The zero-order valence-electron chi connectivity index (χ0n) is 13.1. The number of ether oxygens (including phenoxy) is 2. The Bertz CT molecular complexity index is 834. The quantitative estimate of drug-likeness (QED) is 0.416. The van der Waals surface area contributed by atoms with Crippen LogP contribution in [0.5, 0.6) is 5.75 Å². The Morgan fingerprint density at radius 3 is 2.52 bits per heavy atom. The molecule has 0 spiro atoms. The molecule has 0 radical (unpaired) electrons. The third kappa shape index (κ3) is 5.31. The van der Waals surface area contributed by atoms with Gasteiger partial charge in [-0.15, -0.1) is 0 Å². The summed E-state index contributed by atoms with van der Waals surface area (Å²) in [5, 5.41) is 0.757. The highest BCUT2D eigenvalue weighted by atomic mass is 35.5. The van der Waals surface area contributed by atoms with Crippen LogP contribution >= 0.6 is 23.2 Å². The Hall–Kier alpha value is -2.37. The fraction of sp³-hybridized carbons (Fsp3) is 0.111. The van der Waals surface area contributed by atoms with Gasteiger partial charge in [-0.2, -0.15) is 0 Å². The zero-order chi connectivity index (χ0) is 18.4. The molecule has 25 heavy (non-hydrogen) atoms. The molecule has 7 heteroatoms. The van der Waals surface area contributed by atoms with E-state index < -0.39 is 24.2 Å². The van der Waals surface area contributed by atoms with Gasteiger partial charge in [-0.3, -0.25) is 4.79 Å². The van der Waals surface area contributed by atoms with Crippen LogP contribution in [0.25, 0.3) is 6.08 Å². The van der Waals surface area contributed by atoms with E-state index in [1.807, 2.05) is 0 Å². The lowest BCUT2D eigenvalue weighted by Crippen LogP contribution is -2.12. The summed E-state index contributed by atoms with van der Waals surface area (Å²) in [7, 11) is 1.32. The van der Waals surface area contributed by atoms with Crippen molar-refractivity contribution in [2.75, 3.05) is 13.7 Å². The first-order valence-corrected chi connectivity index (χ1v) is 7.83. The molecule has 4 nitrogen and oxygen atoms in total. The Labute approximate surface area is 153 Å². The standard InChI is InChI=1S/C18H13Cl2FO4/c1-24-17-6-4-12(9-15(17)21)16(22)10-25-18(23)7-3-11-2-5-13(19)14(20)8-11/h2-9H,10H2,1H3/b7-3+. The van der Waals surface area contributed by atoms with Crippen molar-refractivity contribution in [2.45, 2.75) is 0 Å². The SMILES string of the molecule is COc1ccc(C(=O)COC(=O)/C=C/c2ccc(Cl)c(Cl)c2)cc1F. The number of methoxy groups -OCH3 is 1. The Morgan fingerprint density at radius 1 is 1.12 bits per heavy atom. The van der Waals surface area contributed by atoms with Gasteiger partial charge in [0.25, 0.3) is 0 Å². The number of halogens is 3. The molecule has 2 rings (SSSR count). The fourth-order valence-electron chi connectivity index (χ4n) is 1.89. The molecule has 0 aromatic heterocycles. The number of rotatable bonds is 6. The zero-order valence-corrected chi connectivity index (χ0v) is 14.6. The number of carbonyl (C=O) groups is 2. The molecule has 0 aliphatic rings. The first-order valence-electron chi connectivity index (χ1n) is 7.07. The van der Waals surface area contributed by atoms with Crippen LogP contribution in [0, 0.1) is 5.82 Å². The van der Waals surface area contributed by atoms with Crippen LogP contribution in [-0.2, 0) is 9.53 Å². The Balaban J connectivity index is 1.92. The van der Waals surface area contributed by atoms with Crippen molar-refractivity contribution in [3.63, 3.8) is 0 Å². The summed E-state index contributed by atoms with van der Waals surface area (Å²) >= 11 is 11.7. The van der Waals surface area contributed by atoms with Crippen LogP contribution in [0.3, 0.4) is 0 Å². The lowest BCUT2D eigenvalue weighted by molar-refractivity contribution is -0.136. The monoisotopic (exact) mass is 382 g/mol. The molecule has 0 saturated heterocycles. The molecule has 0 saturated carbocycles. The third-order valence-electron chi connectivity index (χ3n) is 3.17. The minimum Gasteiger partial charge on any atom is -0.494 e. The van der Waals surface area contributed by atoms with Gasteiger partial charge in [0.1, 0.15) is 0 Å². The van der Waals surface area contributed by atoms with Crippen molar-refractivity contribution in [2.24, 2.45) is 0 Å². The van der Waals surface area contributed by atoms with Crippen molar-refractivity contribution in [1.29, 1.82) is 0 Å². The topological polar surface area (TPSA) is 52.6 Å². The smallest absolute Gasteiger partial charge is 0.331 e. The number of hydrogen-bond donors (Lipinski definition) is 0. The average Bonchev–Trinajstić information content (AvgIpc) is 2.60. The van der Waals surface area contributed by atoms with Crippen LogP contribution < -0.4 is 4.74 Å². The molecular weight excluding hydrogens is 370 g/mol. The van der Waals surface area contributed by atoms with Gasteiger partial charge in [-0.05, 0) is 42.0 Å². The van der Waals surface area contributed by atoms with Gasteiger partial charge in [-0.1, -0.05) is 29.3 Å². The molecule has 0 N–H and O–H groups in total. The number of esters is 1. The second kappa shape index (κ2) is 8.65. The van der Waals surface area contributed by atoms with E-state index in [1.54, 1.807) is 18.2 Å². The number of carbonyl (C=O) groups excluding carboxylic acids is 2. The average molecular weight is 383 g/mol. The van der Waals surface area contributed by atoms with E-state index in [-0.39, 0.29) is 11.3 Å². The van der Waals surface area contributed by atoms with Crippen molar-refractivity contribution in [3.8, 4) is 5.75 Å². The van der Waals surface area contributed by atoms with Gasteiger partial charge in [0.05, 0.1) is 17.2 Å². The Kier molecular flexibility index (Phi) is 6.56. The van der Waals surface area contributed by atoms with Crippen LogP contribution in [-0.4, -0.2) is 25.5 Å². The summed E-state index contributed by atoms with van der Waals surface area (Å²) in [5.74, 6) is -1.89. The second-order valence-corrected chi connectivity index (χ2v) is 5.70. The first kappa shape index (κ1) is 19.0. The summed E-state index contributed by atoms with van der Waals surface area (Å²) < 4.78 is 23.2. The summed E-state index contributed by atoms with van der Waals surface area (Å²) in [6.45, 7) is -0.504. The summed E-state index contributed by atoms with van der Waals surface area (Å²) in [6.07, 6.45) is 2.63. The van der Waals surface area contributed by atoms with Crippen LogP contribution in [0.2, 0.25) is 10.0 Å². The largest absolute Gasteiger partial charge is 0.494 e. The molecule has 0 bridgehead atoms. The second-order valence-electron chi connectivity index (χ2n) is 4.89. The summed E-state index contributed by atoms with van der Waals surface area (Å²) in [6, 6.07) is 8.59. The van der Waals surface area contributed by atoms with Gasteiger partial charge in [0.15, 0.2) is 24.0 Å². The van der Waals surface area contributed by atoms with Crippen LogP contribution in [0.1, 0.15) is 15.9 Å². The molecule has 0 aliphatic heterocycles. The minimum absolute atomic E-state index is 0.0260. The van der Waals surface area contributed by atoms with Gasteiger partial charge in [0.2, 0.25) is 0 Å². The van der Waals surface area contributed by atoms with E-state index in [0.717, 1.165) is 12.1 Å². The number of benzene rings is 2. The molecular formula is C18H13Cl2FO4. The van der Waals surface area contributed by atoms with Gasteiger partial charge in [-0.25, -0.2) is 9.18 Å². The molecule has 2 aromatic carbocycles. The van der Waals surface area contributed by atoms with E-state index >= 15 is 0 Å². The number of hydrogen-bond acceptors (Lipinski definition) is 4. The summed E-state index contributed by atoms with van der Waals surface area (Å²) in [4.78, 5) is 23.6. The lowest BCUT2D eigenvalue weighted by atomic mass is 10.1. The fourth-order valence-corrected chi connectivity index (χ4v) is 2.19. The molecule has 0 amide bonds. The van der Waals surface area contributed by atoms with E-state index in [9.17, 15) is 14.0 Å². The maximum absolute atomic E-state index is 13.6. The highest BCUT2D eigenvalue weighted by Gasteiger charge is 2.12. The van der Waals surface area contributed by atoms with Gasteiger partial charge < -0.3 is 9.47 Å². The predicted molar refractivity (Wildman–Crippen MR) is 93.7 cm³/mol. The van der Waals surface area contributed by atoms with E-state index in [1.165, 1.54) is 25.3 Å². The Morgan fingerprint density at radius 2 is 1.88 bits per heavy atom. The predicted octanol–water partition coefficient (Wildman–Crippen LogP) is 4.58. The molecule has 0 atom stereocenters. The van der Waals surface area contributed by atoms with Crippen molar-refractivity contribution < 1.29 is 23.5 Å². The third-order valence-corrected chi connectivity index (χ3v) is 3.91. The van der Waals surface area contributed by atoms with Crippen molar-refractivity contribution in [1.82, 2.24) is 0 Å². The number of ketones is 1. The first-order chi connectivity index (χ1) is 11.9. The van der Waals surface area contributed by atoms with Crippen LogP contribution in [0.15, 0.2) is 42.5 Å². The molecule has 2 aromatic rings. The lowest BCUT2D eigenvalue weighted by Gasteiger charge is -2.05. The maximum Gasteiger partial charge on any atom is 0.331 e. The normalized spacial score (nSPS) is 10.7. The van der Waals surface area contributed by atoms with E-state index in [4.69, 9.17) is 32.7 Å². The van der Waals surface area contributed by atoms with Gasteiger partial charge >= 0.3 is 5.97 Å². The van der Waals surface area contributed by atoms with Crippen molar-refractivity contribution in [3.05, 3.63) is 69.5 Å². The molecule has 0 aliphatic carbocycles. The summed E-state index contributed by atoms with van der Waals surface area (Å²) in [5.41, 5.74) is 0.731. The van der Waals surface area contributed by atoms with Crippen molar-refractivity contribution >= 4 is 41.0 Å². The van der Waals surface area contributed by atoms with Crippen LogP contribution in [0.4, 0.5) is 4.39 Å². The molecule has 0 unspecified atom stereocenters. The molecule has 130 valence electrons. The van der Waals surface area contributed by atoms with Gasteiger partial charge in [0, 0.05) is 11.6 Å². The van der Waals surface area contributed by atoms with E-state index in [2.05, 4.69) is 0 Å².